The van der Waals surface area contributed by atoms with Crippen molar-refractivity contribution in [3.8, 4) is 0 Å². The Morgan fingerprint density at radius 2 is 1.18 bits per heavy atom. The van der Waals surface area contributed by atoms with Crippen LogP contribution in [-0.2, 0) is 9.47 Å². The van der Waals surface area contributed by atoms with E-state index in [0.717, 1.165) is 12.7 Å². The van der Waals surface area contributed by atoms with Crippen LogP contribution in [0.2, 0.25) is 0 Å². The molecule has 3 atom stereocenters. The van der Waals surface area contributed by atoms with Crippen LogP contribution in [0.25, 0.3) is 0 Å². The van der Waals surface area contributed by atoms with Crippen molar-refractivity contribution in [2.75, 3.05) is 13.7 Å². The van der Waals surface area contributed by atoms with E-state index in [1.54, 1.807) is 7.11 Å². The lowest BCUT2D eigenvalue weighted by Crippen LogP contribution is -2.58. The van der Waals surface area contributed by atoms with Crippen molar-refractivity contribution in [1.82, 2.24) is 0 Å². The second-order valence-corrected chi connectivity index (χ2v) is 8.89. The first-order valence-electron chi connectivity index (χ1n) is 11.1. The van der Waals surface area contributed by atoms with Gasteiger partial charge in [0.25, 0.3) is 11.2 Å². The van der Waals surface area contributed by atoms with E-state index in [-0.39, 0.29) is 18.4 Å². The molecule has 0 aliphatic heterocycles. The molecule has 4 nitrogen and oxygen atoms in total. The van der Waals surface area contributed by atoms with Crippen LogP contribution in [0.3, 0.4) is 0 Å². The van der Waals surface area contributed by atoms with E-state index >= 15 is 0 Å². The predicted octanol–water partition coefficient (Wildman–Crippen LogP) is 7.23. The Bertz CT molecular complexity index is 700. The molecule has 2 aliphatic rings. The van der Waals surface area contributed by atoms with Gasteiger partial charge >= 0.3 is 24.7 Å². The summed E-state index contributed by atoms with van der Waals surface area (Å²) in [6.07, 6.45) is -21.3. The topological polar surface area (TPSA) is 58.9 Å². The van der Waals surface area contributed by atoms with Crippen LogP contribution in [0.5, 0.6) is 0 Å². The van der Waals surface area contributed by atoms with Crippen LogP contribution in [0, 0.1) is 17.8 Å². The average molecular weight is 586 g/mol. The Kier molecular flexibility index (Phi) is 12.8. The third kappa shape index (κ3) is 9.12. The number of ether oxygens (including phenoxy) is 2. The molecule has 0 aromatic carbocycles. The van der Waals surface area contributed by atoms with Gasteiger partial charge in [0.2, 0.25) is 0 Å². The SMILES string of the molecule is C=COC.C=COCCCC(O)(C(F)(F)F)C(F)(F)F.OC(CC1CC2CCC1C2)(C(F)(F)F)C(F)(F)F. The Balaban J connectivity index is 0.000000636. The Morgan fingerprint density at radius 1 is 0.737 bits per heavy atom. The molecule has 2 aliphatic carbocycles. The Hall–Kier alpha value is -1.84. The molecule has 3 unspecified atom stereocenters. The molecular formula is C22H30F12O4. The van der Waals surface area contributed by atoms with Crippen molar-refractivity contribution in [1.29, 1.82) is 0 Å². The van der Waals surface area contributed by atoms with E-state index in [2.05, 4.69) is 22.6 Å². The number of halogens is 12. The minimum atomic E-state index is -5.76. The van der Waals surface area contributed by atoms with Gasteiger partial charge in [0.05, 0.1) is 26.2 Å². The summed E-state index contributed by atoms with van der Waals surface area (Å²) in [5.41, 5.74) is -9.25. The predicted molar refractivity (Wildman–Crippen MR) is 110 cm³/mol. The van der Waals surface area contributed by atoms with Crippen molar-refractivity contribution < 1.29 is 72.4 Å². The number of hydrogen-bond acceptors (Lipinski definition) is 4. The quantitative estimate of drug-likeness (QED) is 0.179. The molecule has 0 aromatic heterocycles. The number of methoxy groups -OCH3 is 1. The highest BCUT2D eigenvalue weighted by atomic mass is 19.4. The molecule has 16 heteroatoms. The Morgan fingerprint density at radius 3 is 1.47 bits per heavy atom. The van der Waals surface area contributed by atoms with Gasteiger partial charge in [0, 0.05) is 0 Å². The zero-order valence-electron chi connectivity index (χ0n) is 20.2. The summed E-state index contributed by atoms with van der Waals surface area (Å²) in [4.78, 5) is 0. The number of hydrogen-bond donors (Lipinski definition) is 2. The number of aliphatic hydroxyl groups is 2. The van der Waals surface area contributed by atoms with Gasteiger partial charge in [-0.3, -0.25) is 0 Å². The molecule has 0 radical (unpaired) electrons. The van der Waals surface area contributed by atoms with Gasteiger partial charge in [-0.2, -0.15) is 52.7 Å². The highest BCUT2D eigenvalue weighted by Gasteiger charge is 2.71. The molecule has 0 aromatic rings. The fourth-order valence-corrected chi connectivity index (χ4v) is 4.34. The standard InChI is InChI=1S/C11H14F6O.C8H10F6O2.C3H6O/c12-10(13,14)9(18,11(15,16)17)5-8-4-6-1-2-7(8)3-6;1-2-16-5-3-4-6(15,7(9,10)11)8(12,13)14;1-3-4-2/h6-8,18H,1-5H2;2,15H,1,3-5H2;3H,1H2,2H3. The summed E-state index contributed by atoms with van der Waals surface area (Å²) in [6, 6.07) is 0. The summed E-state index contributed by atoms with van der Waals surface area (Å²) >= 11 is 0. The first kappa shape index (κ1) is 36.2. The molecule has 2 fully saturated rings. The summed E-state index contributed by atoms with van der Waals surface area (Å²) in [5, 5.41) is 17.8. The van der Waals surface area contributed by atoms with Crippen molar-refractivity contribution >= 4 is 0 Å². The second-order valence-electron chi connectivity index (χ2n) is 8.89. The van der Waals surface area contributed by atoms with Crippen LogP contribution in [0.15, 0.2) is 25.7 Å². The van der Waals surface area contributed by atoms with E-state index in [1.165, 1.54) is 6.26 Å². The molecule has 0 heterocycles. The zero-order chi connectivity index (χ0) is 30.2. The van der Waals surface area contributed by atoms with Crippen LogP contribution >= 0.6 is 0 Å². The van der Waals surface area contributed by atoms with E-state index in [0.29, 0.717) is 19.3 Å². The minimum Gasteiger partial charge on any atom is -0.505 e. The van der Waals surface area contributed by atoms with Crippen molar-refractivity contribution in [3.05, 3.63) is 25.7 Å². The normalized spacial score (nSPS) is 22.0. The molecule has 0 amide bonds. The molecule has 38 heavy (non-hydrogen) atoms. The number of rotatable bonds is 8. The van der Waals surface area contributed by atoms with Crippen LogP contribution in [0.4, 0.5) is 52.7 Å². The van der Waals surface area contributed by atoms with Crippen molar-refractivity contribution in [2.45, 2.75) is 80.9 Å². The number of alkyl halides is 12. The molecule has 2 N–H and O–H groups in total. The summed E-state index contributed by atoms with van der Waals surface area (Å²) in [6.45, 7) is 5.94. The van der Waals surface area contributed by atoms with E-state index in [1.807, 2.05) is 0 Å². The molecule has 0 saturated heterocycles. The van der Waals surface area contributed by atoms with Gasteiger partial charge in [-0.15, -0.1) is 0 Å². The van der Waals surface area contributed by atoms with E-state index in [9.17, 15) is 52.7 Å². The monoisotopic (exact) mass is 586 g/mol. The summed E-state index contributed by atoms with van der Waals surface area (Å²) in [5.74, 6) is -0.519. The zero-order valence-corrected chi connectivity index (χ0v) is 20.2. The van der Waals surface area contributed by atoms with Crippen molar-refractivity contribution in [2.24, 2.45) is 17.8 Å². The van der Waals surface area contributed by atoms with Gasteiger partial charge in [0.15, 0.2) is 0 Å². The fourth-order valence-electron chi connectivity index (χ4n) is 4.34. The van der Waals surface area contributed by atoms with E-state index in [4.69, 9.17) is 10.2 Å². The van der Waals surface area contributed by atoms with Gasteiger partial charge < -0.3 is 19.7 Å². The van der Waals surface area contributed by atoms with Gasteiger partial charge in [0.1, 0.15) is 0 Å². The maximum absolute atomic E-state index is 12.5. The van der Waals surface area contributed by atoms with Crippen LogP contribution in [0.1, 0.15) is 44.9 Å². The third-order valence-corrected chi connectivity index (χ3v) is 6.40. The molecule has 226 valence electrons. The van der Waals surface area contributed by atoms with Crippen LogP contribution in [-0.4, -0.2) is 59.8 Å². The van der Waals surface area contributed by atoms with Gasteiger partial charge in [-0.1, -0.05) is 19.6 Å². The summed E-state index contributed by atoms with van der Waals surface area (Å²) in [7, 11) is 1.56. The van der Waals surface area contributed by atoms with Crippen molar-refractivity contribution in [3.63, 3.8) is 0 Å². The van der Waals surface area contributed by atoms with Crippen LogP contribution < -0.4 is 0 Å². The molecular weight excluding hydrogens is 556 g/mol. The molecule has 2 bridgehead atoms. The smallest absolute Gasteiger partial charge is 0.426 e. The largest absolute Gasteiger partial charge is 0.505 e. The molecule has 0 spiro atoms. The third-order valence-electron chi connectivity index (χ3n) is 6.40. The van der Waals surface area contributed by atoms with Gasteiger partial charge in [-0.05, 0) is 56.3 Å². The summed E-state index contributed by atoms with van der Waals surface area (Å²) < 4.78 is 156. The highest BCUT2D eigenvalue weighted by molar-refractivity contribution is 5.00. The molecule has 2 rings (SSSR count). The maximum Gasteiger partial charge on any atom is 0.426 e. The fraction of sp³-hybridized carbons (Fsp3) is 0.818. The number of fused-ring (bicyclic) bond motifs is 2. The lowest BCUT2D eigenvalue weighted by molar-refractivity contribution is -0.373. The van der Waals surface area contributed by atoms with E-state index < -0.39 is 61.1 Å². The lowest BCUT2D eigenvalue weighted by Gasteiger charge is -2.36. The maximum atomic E-state index is 12.5. The Labute approximate surface area is 211 Å². The lowest BCUT2D eigenvalue weighted by atomic mass is 9.79. The first-order valence-corrected chi connectivity index (χ1v) is 11.1. The molecule has 2 saturated carbocycles. The first-order chi connectivity index (χ1) is 17.0. The highest BCUT2D eigenvalue weighted by Crippen LogP contribution is 2.55. The second kappa shape index (κ2) is 13.5. The minimum absolute atomic E-state index is 0.0915. The van der Waals surface area contributed by atoms with Gasteiger partial charge in [-0.25, -0.2) is 0 Å². The average Bonchev–Trinajstić information content (AvgIpc) is 3.37.